The quantitative estimate of drug-likeness (QED) is 0.621. The summed E-state index contributed by atoms with van der Waals surface area (Å²) in [4.78, 5) is 17.0. The van der Waals surface area contributed by atoms with E-state index in [0.29, 0.717) is 22.6 Å². The molecule has 0 aliphatic carbocycles. The van der Waals surface area contributed by atoms with Gasteiger partial charge in [0, 0.05) is 34.6 Å². The SMILES string of the molecule is COc1cc(C#N)ccc1OCC(=O)c1cc(C)n(-c2nccs2)c1C. The number of Topliss-reactive ketones (excluding diaryl/α,β-unsaturated/α-hetero) is 1. The molecule has 2 heterocycles. The molecule has 132 valence electrons. The van der Waals surface area contributed by atoms with Crippen LogP contribution in [0, 0.1) is 25.2 Å². The lowest BCUT2D eigenvalue weighted by atomic mass is 10.1. The number of carbonyl (C=O) groups excluding carboxylic acids is 1. The molecule has 1 aromatic carbocycles. The number of methoxy groups -OCH3 is 1. The molecule has 6 nitrogen and oxygen atoms in total. The van der Waals surface area contributed by atoms with Gasteiger partial charge >= 0.3 is 0 Å². The van der Waals surface area contributed by atoms with Gasteiger partial charge in [0.2, 0.25) is 5.78 Å². The van der Waals surface area contributed by atoms with E-state index in [4.69, 9.17) is 14.7 Å². The molecule has 0 radical (unpaired) electrons. The third-order valence-electron chi connectivity index (χ3n) is 3.99. The number of nitrogens with zero attached hydrogens (tertiary/aromatic N) is 3. The minimum absolute atomic E-state index is 0.121. The topological polar surface area (TPSA) is 77.1 Å². The van der Waals surface area contributed by atoms with Crippen molar-refractivity contribution >= 4 is 17.1 Å². The van der Waals surface area contributed by atoms with Gasteiger partial charge in [0.15, 0.2) is 23.2 Å². The van der Waals surface area contributed by atoms with Crippen LogP contribution in [0.1, 0.15) is 27.3 Å². The number of benzene rings is 1. The summed E-state index contributed by atoms with van der Waals surface area (Å²) >= 11 is 1.51. The fraction of sp³-hybridized carbons (Fsp3) is 0.211. The molecule has 3 aromatic rings. The van der Waals surface area contributed by atoms with E-state index in [9.17, 15) is 4.79 Å². The molecule has 2 aromatic heterocycles. The average molecular weight is 367 g/mol. The first kappa shape index (κ1) is 17.7. The molecule has 0 bridgehead atoms. The summed E-state index contributed by atoms with van der Waals surface area (Å²) in [6.07, 6.45) is 1.74. The first-order valence-corrected chi connectivity index (χ1v) is 8.76. The van der Waals surface area contributed by atoms with Crippen LogP contribution in [0.15, 0.2) is 35.8 Å². The van der Waals surface area contributed by atoms with Crippen LogP contribution in [0.2, 0.25) is 0 Å². The minimum atomic E-state index is -0.132. The highest BCUT2D eigenvalue weighted by atomic mass is 32.1. The summed E-state index contributed by atoms with van der Waals surface area (Å²) in [6, 6.07) is 8.71. The Morgan fingerprint density at radius 2 is 2.12 bits per heavy atom. The molecule has 0 N–H and O–H groups in total. The summed E-state index contributed by atoms with van der Waals surface area (Å²) in [5, 5.41) is 11.7. The van der Waals surface area contributed by atoms with Crippen LogP contribution in [0.25, 0.3) is 5.13 Å². The highest BCUT2D eigenvalue weighted by Crippen LogP contribution is 2.28. The number of aryl methyl sites for hydroxylation is 1. The minimum Gasteiger partial charge on any atom is -0.493 e. The van der Waals surface area contributed by atoms with Gasteiger partial charge in [0.25, 0.3) is 0 Å². The first-order valence-electron chi connectivity index (χ1n) is 7.88. The Morgan fingerprint density at radius 1 is 1.31 bits per heavy atom. The average Bonchev–Trinajstić information content (AvgIpc) is 3.27. The number of aromatic nitrogens is 2. The summed E-state index contributed by atoms with van der Waals surface area (Å²) in [5.74, 6) is 0.714. The van der Waals surface area contributed by atoms with E-state index < -0.39 is 0 Å². The number of rotatable bonds is 6. The molecule has 0 saturated carbocycles. The van der Waals surface area contributed by atoms with Crippen molar-refractivity contribution in [3.05, 3.63) is 58.4 Å². The van der Waals surface area contributed by atoms with E-state index >= 15 is 0 Å². The first-order chi connectivity index (χ1) is 12.5. The molecule has 0 aliphatic rings. The van der Waals surface area contributed by atoms with Crippen molar-refractivity contribution in [3.63, 3.8) is 0 Å². The van der Waals surface area contributed by atoms with Crippen LogP contribution >= 0.6 is 11.3 Å². The van der Waals surface area contributed by atoms with Gasteiger partial charge in [-0.3, -0.25) is 9.36 Å². The van der Waals surface area contributed by atoms with E-state index in [0.717, 1.165) is 16.5 Å². The smallest absolute Gasteiger partial charge is 0.202 e. The monoisotopic (exact) mass is 367 g/mol. The zero-order chi connectivity index (χ0) is 18.7. The Bertz CT molecular complexity index is 984. The van der Waals surface area contributed by atoms with Crippen LogP contribution in [-0.4, -0.2) is 29.1 Å². The molecule has 0 atom stereocenters. The molecule has 0 amide bonds. The zero-order valence-corrected chi connectivity index (χ0v) is 15.5. The Kier molecular flexibility index (Phi) is 5.05. The van der Waals surface area contributed by atoms with Gasteiger partial charge in [-0.05, 0) is 32.0 Å². The third kappa shape index (κ3) is 3.32. The molecule has 3 rings (SSSR count). The number of nitriles is 1. The van der Waals surface area contributed by atoms with Crippen LogP contribution in [0.4, 0.5) is 0 Å². The maximum absolute atomic E-state index is 12.6. The Labute approximate surface area is 155 Å². The van der Waals surface area contributed by atoms with Gasteiger partial charge in [-0.2, -0.15) is 5.26 Å². The molecule has 0 saturated heterocycles. The van der Waals surface area contributed by atoms with Gasteiger partial charge in [0.05, 0.1) is 18.7 Å². The molecule has 7 heteroatoms. The summed E-state index contributed by atoms with van der Waals surface area (Å²) in [5.41, 5.74) is 2.84. The molecule has 26 heavy (non-hydrogen) atoms. The highest BCUT2D eigenvalue weighted by molar-refractivity contribution is 7.12. The van der Waals surface area contributed by atoms with Crippen molar-refractivity contribution in [2.24, 2.45) is 0 Å². The Balaban J connectivity index is 1.80. The van der Waals surface area contributed by atoms with Crippen LogP contribution in [0.3, 0.4) is 0 Å². The van der Waals surface area contributed by atoms with Crippen LogP contribution in [0.5, 0.6) is 11.5 Å². The van der Waals surface area contributed by atoms with E-state index in [2.05, 4.69) is 4.98 Å². The lowest BCUT2D eigenvalue weighted by Crippen LogP contribution is -2.13. The molecule has 0 unspecified atom stereocenters. The summed E-state index contributed by atoms with van der Waals surface area (Å²) in [6.45, 7) is 3.71. The van der Waals surface area contributed by atoms with E-state index in [-0.39, 0.29) is 12.4 Å². The standard InChI is InChI=1S/C19H17N3O3S/c1-12-8-15(13(2)22(12)19-21-6-7-26-19)16(23)11-25-17-5-4-14(10-20)9-18(17)24-3/h4-9H,11H2,1-3H3. The van der Waals surface area contributed by atoms with Crippen LogP contribution in [-0.2, 0) is 0 Å². The molecular formula is C19H17N3O3S. The normalized spacial score (nSPS) is 10.4. The molecule has 0 spiro atoms. The number of carbonyl (C=O) groups is 1. The number of ketones is 1. The molecule has 0 fully saturated rings. The van der Waals surface area contributed by atoms with Crippen molar-refractivity contribution < 1.29 is 14.3 Å². The predicted molar refractivity (Wildman–Crippen MR) is 98.4 cm³/mol. The van der Waals surface area contributed by atoms with Gasteiger partial charge in [-0.1, -0.05) is 0 Å². The van der Waals surface area contributed by atoms with Crippen molar-refractivity contribution in [1.82, 2.24) is 9.55 Å². The fourth-order valence-electron chi connectivity index (χ4n) is 2.74. The maximum Gasteiger partial charge on any atom is 0.202 e. The number of ether oxygens (including phenoxy) is 2. The second kappa shape index (κ2) is 7.42. The third-order valence-corrected chi connectivity index (χ3v) is 4.75. The van der Waals surface area contributed by atoms with Crippen molar-refractivity contribution in [1.29, 1.82) is 5.26 Å². The second-order valence-electron chi connectivity index (χ2n) is 5.62. The maximum atomic E-state index is 12.6. The van der Waals surface area contributed by atoms with Gasteiger partial charge in [0.1, 0.15) is 0 Å². The second-order valence-corrected chi connectivity index (χ2v) is 6.50. The number of thiazole rings is 1. The van der Waals surface area contributed by atoms with Gasteiger partial charge < -0.3 is 9.47 Å². The Hall–Kier alpha value is -3.11. The molecular weight excluding hydrogens is 350 g/mol. The summed E-state index contributed by atoms with van der Waals surface area (Å²) in [7, 11) is 1.49. The number of hydrogen-bond acceptors (Lipinski definition) is 6. The fourth-order valence-corrected chi connectivity index (χ4v) is 3.49. The largest absolute Gasteiger partial charge is 0.493 e. The van der Waals surface area contributed by atoms with E-state index in [1.807, 2.05) is 35.9 Å². The zero-order valence-electron chi connectivity index (χ0n) is 14.6. The van der Waals surface area contributed by atoms with Gasteiger partial charge in [-0.15, -0.1) is 11.3 Å². The van der Waals surface area contributed by atoms with E-state index in [1.54, 1.807) is 24.4 Å². The summed E-state index contributed by atoms with van der Waals surface area (Å²) < 4.78 is 12.8. The van der Waals surface area contributed by atoms with Crippen molar-refractivity contribution in [2.45, 2.75) is 13.8 Å². The van der Waals surface area contributed by atoms with E-state index in [1.165, 1.54) is 18.4 Å². The lowest BCUT2D eigenvalue weighted by molar-refractivity contribution is 0.0919. The van der Waals surface area contributed by atoms with Crippen molar-refractivity contribution in [2.75, 3.05) is 13.7 Å². The Morgan fingerprint density at radius 3 is 2.77 bits per heavy atom. The van der Waals surface area contributed by atoms with Crippen LogP contribution < -0.4 is 9.47 Å². The van der Waals surface area contributed by atoms with Crippen molar-refractivity contribution in [3.8, 4) is 22.7 Å². The lowest BCUT2D eigenvalue weighted by Gasteiger charge is -2.10. The highest BCUT2D eigenvalue weighted by Gasteiger charge is 2.19. The molecule has 0 aliphatic heterocycles. The predicted octanol–water partition coefficient (Wildman–Crippen LogP) is 3.69. The van der Waals surface area contributed by atoms with Gasteiger partial charge in [-0.25, -0.2) is 4.98 Å². The number of hydrogen-bond donors (Lipinski definition) is 0.